The minimum absolute atomic E-state index is 0.0494. The van der Waals surface area contributed by atoms with E-state index >= 15 is 0 Å². The lowest BCUT2D eigenvalue weighted by Crippen LogP contribution is -2.48. The van der Waals surface area contributed by atoms with E-state index in [0.717, 1.165) is 12.3 Å². The molecule has 8 nitrogen and oxygen atoms in total. The standard InChI is InChI=1S/C28H33F3N4O4/c1-17(2)15-27(39)8-10-34(11-9-27)25(38)33-19-13-22(28(29,30)31)21-16-32-35(23(21)14-19)20-7-5-6-18(12-20)26(3,4)24(36)37/h5-7,12-14,16-17,39H,8-11,15H2,1-4H3,(H,33,38)(H,36,37). The Morgan fingerprint density at radius 2 is 1.79 bits per heavy atom. The average molecular weight is 547 g/mol. The van der Waals surface area contributed by atoms with Gasteiger partial charge in [-0.25, -0.2) is 9.48 Å². The molecule has 2 heterocycles. The van der Waals surface area contributed by atoms with Crippen molar-refractivity contribution in [2.75, 3.05) is 18.4 Å². The second-order valence-corrected chi connectivity index (χ2v) is 11.2. The van der Waals surface area contributed by atoms with Crippen molar-refractivity contribution in [2.24, 2.45) is 5.92 Å². The van der Waals surface area contributed by atoms with E-state index < -0.39 is 34.8 Å². The van der Waals surface area contributed by atoms with E-state index in [1.54, 1.807) is 24.3 Å². The van der Waals surface area contributed by atoms with E-state index in [1.165, 1.54) is 29.5 Å². The smallest absolute Gasteiger partial charge is 0.417 e. The number of aliphatic hydroxyl groups is 1. The summed E-state index contributed by atoms with van der Waals surface area (Å²) in [7, 11) is 0. The Labute approximate surface area is 224 Å². The summed E-state index contributed by atoms with van der Waals surface area (Å²) in [6, 6.07) is 8.21. The van der Waals surface area contributed by atoms with Gasteiger partial charge in [-0.3, -0.25) is 4.79 Å². The average Bonchev–Trinajstić information content (AvgIpc) is 3.26. The monoisotopic (exact) mass is 546 g/mol. The van der Waals surface area contributed by atoms with Crippen molar-refractivity contribution in [2.45, 2.75) is 64.1 Å². The van der Waals surface area contributed by atoms with Crippen LogP contribution in [0.3, 0.4) is 0 Å². The second-order valence-electron chi connectivity index (χ2n) is 11.2. The first kappa shape index (κ1) is 28.4. The number of halogens is 3. The summed E-state index contributed by atoms with van der Waals surface area (Å²) in [5.41, 5.74) is -2.14. The molecule has 0 saturated carbocycles. The van der Waals surface area contributed by atoms with Crippen molar-refractivity contribution >= 4 is 28.6 Å². The molecule has 0 unspecified atom stereocenters. The van der Waals surface area contributed by atoms with E-state index in [0.29, 0.717) is 36.4 Å². The number of nitrogens with zero attached hydrogens (tertiary/aromatic N) is 3. The van der Waals surface area contributed by atoms with Crippen LogP contribution in [-0.2, 0) is 16.4 Å². The Bertz CT molecular complexity index is 1390. The van der Waals surface area contributed by atoms with Crippen LogP contribution in [0.4, 0.5) is 23.7 Å². The first-order valence-electron chi connectivity index (χ1n) is 12.8. The number of hydrogen-bond acceptors (Lipinski definition) is 4. The molecule has 39 heavy (non-hydrogen) atoms. The van der Waals surface area contributed by atoms with Crippen LogP contribution in [0.15, 0.2) is 42.6 Å². The number of aromatic nitrogens is 2. The lowest BCUT2D eigenvalue weighted by Gasteiger charge is -2.39. The Kier molecular flexibility index (Phi) is 7.41. The molecule has 1 fully saturated rings. The number of alkyl halides is 3. The van der Waals surface area contributed by atoms with Gasteiger partial charge in [0.15, 0.2) is 0 Å². The maximum absolute atomic E-state index is 14.0. The lowest BCUT2D eigenvalue weighted by atomic mass is 9.84. The molecule has 0 radical (unpaired) electrons. The van der Waals surface area contributed by atoms with E-state index in [4.69, 9.17) is 0 Å². The number of anilines is 1. The van der Waals surface area contributed by atoms with Crippen LogP contribution in [0.25, 0.3) is 16.6 Å². The molecule has 0 spiro atoms. The number of benzene rings is 2. The van der Waals surface area contributed by atoms with E-state index in [1.807, 2.05) is 13.8 Å². The quantitative estimate of drug-likeness (QED) is 0.362. The summed E-state index contributed by atoms with van der Waals surface area (Å²) < 4.78 is 43.4. The molecule has 1 aliphatic rings. The maximum Gasteiger partial charge on any atom is 0.417 e. The predicted molar refractivity (Wildman–Crippen MR) is 141 cm³/mol. The number of piperidine rings is 1. The fourth-order valence-corrected chi connectivity index (χ4v) is 5.08. The number of carbonyl (C=O) groups excluding carboxylic acids is 1. The number of nitrogens with one attached hydrogen (secondary N) is 1. The number of hydrogen-bond donors (Lipinski definition) is 3. The zero-order valence-corrected chi connectivity index (χ0v) is 22.3. The Morgan fingerprint density at radius 3 is 2.38 bits per heavy atom. The minimum atomic E-state index is -4.71. The number of carbonyl (C=O) groups is 2. The molecule has 1 aliphatic heterocycles. The Hall–Kier alpha value is -3.60. The highest BCUT2D eigenvalue weighted by atomic mass is 19.4. The van der Waals surface area contributed by atoms with Gasteiger partial charge in [-0.05, 0) is 68.9 Å². The van der Waals surface area contributed by atoms with Crippen LogP contribution in [0.1, 0.15) is 58.1 Å². The maximum atomic E-state index is 14.0. The van der Waals surface area contributed by atoms with Crippen molar-refractivity contribution in [1.82, 2.24) is 14.7 Å². The fourth-order valence-electron chi connectivity index (χ4n) is 5.08. The van der Waals surface area contributed by atoms with Gasteiger partial charge < -0.3 is 20.4 Å². The number of urea groups is 1. The van der Waals surface area contributed by atoms with Crippen LogP contribution in [0, 0.1) is 5.92 Å². The summed E-state index contributed by atoms with van der Waals surface area (Å²) in [5.74, 6) is -0.752. The van der Waals surface area contributed by atoms with Gasteiger partial charge in [-0.1, -0.05) is 26.0 Å². The highest BCUT2D eigenvalue weighted by molar-refractivity contribution is 5.94. The third-order valence-corrected chi connectivity index (χ3v) is 7.36. The molecule has 2 aromatic carbocycles. The fraction of sp³-hybridized carbons (Fsp3) is 0.464. The van der Waals surface area contributed by atoms with Crippen LogP contribution in [0.2, 0.25) is 0 Å². The molecule has 1 aromatic heterocycles. The first-order valence-corrected chi connectivity index (χ1v) is 12.8. The van der Waals surface area contributed by atoms with Crippen LogP contribution in [-0.4, -0.2) is 55.6 Å². The summed E-state index contributed by atoms with van der Waals surface area (Å²) in [5, 5.41) is 27.0. The van der Waals surface area contributed by atoms with E-state index in [-0.39, 0.29) is 29.7 Å². The molecule has 3 N–H and O–H groups in total. The van der Waals surface area contributed by atoms with Crippen molar-refractivity contribution in [3.05, 3.63) is 53.7 Å². The van der Waals surface area contributed by atoms with Crippen molar-refractivity contribution < 1.29 is 33.0 Å². The molecular formula is C28H33F3N4O4. The Balaban J connectivity index is 1.68. The van der Waals surface area contributed by atoms with Crippen molar-refractivity contribution in [3.63, 3.8) is 0 Å². The van der Waals surface area contributed by atoms with Gasteiger partial charge >= 0.3 is 18.2 Å². The molecule has 4 rings (SSSR count). The molecule has 0 aliphatic carbocycles. The molecule has 0 atom stereocenters. The van der Waals surface area contributed by atoms with Gasteiger partial charge in [-0.15, -0.1) is 0 Å². The Morgan fingerprint density at radius 1 is 1.13 bits per heavy atom. The summed E-state index contributed by atoms with van der Waals surface area (Å²) >= 11 is 0. The van der Waals surface area contributed by atoms with Gasteiger partial charge in [0.05, 0.1) is 34.0 Å². The summed E-state index contributed by atoms with van der Waals surface area (Å²) in [4.78, 5) is 26.2. The first-order chi connectivity index (χ1) is 18.1. The highest BCUT2D eigenvalue weighted by Crippen LogP contribution is 2.38. The number of carboxylic acids is 1. The van der Waals surface area contributed by atoms with E-state index in [2.05, 4.69) is 10.4 Å². The van der Waals surface area contributed by atoms with E-state index in [9.17, 15) is 33.0 Å². The van der Waals surface area contributed by atoms with Gasteiger partial charge in [0, 0.05) is 24.2 Å². The number of carboxylic acid groups (broad SMARTS) is 1. The SMILES string of the molecule is CC(C)CC1(O)CCN(C(=O)Nc2cc(C(F)(F)F)c3cnn(-c4cccc(C(C)(C)C(=O)O)c4)c3c2)CC1. The second kappa shape index (κ2) is 10.2. The highest BCUT2D eigenvalue weighted by Gasteiger charge is 2.36. The molecule has 0 bridgehead atoms. The molecule has 11 heteroatoms. The normalized spacial score (nSPS) is 16.1. The largest absolute Gasteiger partial charge is 0.481 e. The van der Waals surface area contributed by atoms with Gasteiger partial charge in [0.1, 0.15) is 0 Å². The predicted octanol–water partition coefficient (Wildman–Crippen LogP) is 5.81. The third kappa shape index (κ3) is 5.88. The number of amides is 2. The van der Waals surface area contributed by atoms with Crippen molar-refractivity contribution in [1.29, 1.82) is 0 Å². The third-order valence-electron chi connectivity index (χ3n) is 7.36. The lowest BCUT2D eigenvalue weighted by molar-refractivity contribution is -0.142. The number of likely N-dealkylation sites (tertiary alicyclic amines) is 1. The van der Waals surface area contributed by atoms with Gasteiger partial charge in [-0.2, -0.15) is 18.3 Å². The number of aliphatic carboxylic acids is 1. The van der Waals surface area contributed by atoms with Gasteiger partial charge in [0.25, 0.3) is 0 Å². The zero-order valence-electron chi connectivity index (χ0n) is 22.3. The van der Waals surface area contributed by atoms with Crippen LogP contribution >= 0.6 is 0 Å². The molecule has 3 aromatic rings. The number of fused-ring (bicyclic) bond motifs is 1. The summed E-state index contributed by atoms with van der Waals surface area (Å²) in [6.45, 7) is 7.67. The molecule has 1 saturated heterocycles. The molecule has 210 valence electrons. The van der Waals surface area contributed by atoms with Gasteiger partial charge in [0.2, 0.25) is 0 Å². The van der Waals surface area contributed by atoms with Crippen molar-refractivity contribution in [3.8, 4) is 5.69 Å². The number of rotatable bonds is 6. The summed E-state index contributed by atoms with van der Waals surface area (Å²) in [6.07, 6.45) is -2.21. The minimum Gasteiger partial charge on any atom is -0.481 e. The van der Waals surface area contributed by atoms with Crippen LogP contribution in [0.5, 0.6) is 0 Å². The zero-order chi connectivity index (χ0) is 28.8. The topological polar surface area (TPSA) is 108 Å². The molecule has 2 amide bonds. The molecular weight excluding hydrogens is 513 g/mol. The van der Waals surface area contributed by atoms with Crippen LogP contribution < -0.4 is 5.32 Å².